The van der Waals surface area contributed by atoms with Crippen LogP contribution in [0.2, 0.25) is 0 Å². The molecule has 0 radical (unpaired) electrons. The number of H-pyrrole nitrogens is 1. The molecular formula is C25H17F6N5O3. The summed E-state index contributed by atoms with van der Waals surface area (Å²) < 4.78 is 95.7. The van der Waals surface area contributed by atoms with Crippen LogP contribution in [0.5, 0.6) is 0 Å². The van der Waals surface area contributed by atoms with E-state index in [0.717, 1.165) is 19.2 Å². The lowest BCUT2D eigenvalue weighted by Crippen LogP contribution is -2.45. The Morgan fingerprint density at radius 3 is 2.08 bits per heavy atom. The summed E-state index contributed by atoms with van der Waals surface area (Å²) in [6, 6.07) is 14.0. The lowest BCUT2D eigenvalue weighted by Gasteiger charge is -2.31. The number of fused-ring (bicyclic) bond motifs is 1. The van der Waals surface area contributed by atoms with Gasteiger partial charge in [-0.15, -0.1) is 10.2 Å². The summed E-state index contributed by atoms with van der Waals surface area (Å²) in [5.74, 6) is -1.70. The van der Waals surface area contributed by atoms with Crippen LogP contribution in [0.4, 0.5) is 26.3 Å². The Morgan fingerprint density at radius 2 is 1.51 bits per heavy atom. The molecule has 0 bridgehead atoms. The van der Waals surface area contributed by atoms with Gasteiger partial charge in [-0.2, -0.15) is 36.0 Å². The minimum Gasteiger partial charge on any atom is -0.416 e. The number of halogens is 6. The van der Waals surface area contributed by atoms with E-state index in [2.05, 4.69) is 20.3 Å². The van der Waals surface area contributed by atoms with Gasteiger partial charge in [0.05, 0.1) is 5.56 Å². The molecule has 5 aromatic rings. The Hall–Kier alpha value is -4.46. The van der Waals surface area contributed by atoms with Crippen LogP contribution < -0.4 is 5.56 Å². The van der Waals surface area contributed by atoms with Gasteiger partial charge in [-0.3, -0.25) is 4.79 Å². The van der Waals surface area contributed by atoms with Gasteiger partial charge in [0.25, 0.3) is 22.9 Å². The standard InChI is InChI=1S/C25H17F6N5O3/c1-13-16(20-33-34-22(39-20)23(38-2,25(29,30)31)15-11-7-4-8-12-15)21(37)36-19(32-13)17(14-9-5-3-6-10-14)18(35-36)24(26,27)28/h3-12,32H,1-2H3. The number of hydrogen-bond donors (Lipinski definition) is 1. The van der Waals surface area contributed by atoms with Crippen molar-refractivity contribution in [2.24, 2.45) is 0 Å². The first-order valence-corrected chi connectivity index (χ1v) is 11.2. The molecule has 202 valence electrons. The number of hydrogen-bond acceptors (Lipinski definition) is 6. The van der Waals surface area contributed by atoms with Crippen LogP contribution in [0.15, 0.2) is 69.9 Å². The van der Waals surface area contributed by atoms with Crippen LogP contribution in [0.1, 0.15) is 22.8 Å². The second kappa shape index (κ2) is 9.08. The fourth-order valence-corrected chi connectivity index (χ4v) is 4.38. The zero-order valence-corrected chi connectivity index (χ0v) is 20.1. The summed E-state index contributed by atoms with van der Waals surface area (Å²) in [7, 11) is 0.808. The summed E-state index contributed by atoms with van der Waals surface area (Å²) in [6.07, 6.45) is -10.0. The summed E-state index contributed by atoms with van der Waals surface area (Å²) in [5, 5.41) is 10.6. The molecule has 14 heteroatoms. The molecule has 3 heterocycles. The SMILES string of the molecule is COC(c1ccccc1)(c1nnc(-c2c(C)[nH]c3c(-c4ccccc4)c(C(F)(F)F)nn3c2=O)o1)C(F)(F)F. The fourth-order valence-electron chi connectivity index (χ4n) is 4.38. The summed E-state index contributed by atoms with van der Waals surface area (Å²) in [6.45, 7) is 1.33. The first-order valence-electron chi connectivity index (χ1n) is 11.2. The maximum atomic E-state index is 14.4. The number of rotatable bonds is 5. The molecule has 3 aromatic heterocycles. The fraction of sp³-hybridized carbons (Fsp3) is 0.200. The first-order chi connectivity index (χ1) is 18.4. The highest BCUT2D eigenvalue weighted by atomic mass is 19.4. The molecule has 1 atom stereocenters. The number of aryl methyl sites for hydroxylation is 1. The molecule has 39 heavy (non-hydrogen) atoms. The van der Waals surface area contributed by atoms with E-state index in [0.29, 0.717) is 4.52 Å². The van der Waals surface area contributed by atoms with Crippen molar-refractivity contribution in [3.8, 4) is 22.6 Å². The second-order valence-electron chi connectivity index (χ2n) is 8.44. The number of methoxy groups -OCH3 is 1. The van der Waals surface area contributed by atoms with Gasteiger partial charge < -0.3 is 14.1 Å². The van der Waals surface area contributed by atoms with Crippen LogP contribution in [0.25, 0.3) is 28.2 Å². The van der Waals surface area contributed by atoms with Gasteiger partial charge in [0.2, 0.25) is 0 Å². The molecule has 0 fully saturated rings. The van der Waals surface area contributed by atoms with Crippen LogP contribution in [0, 0.1) is 6.92 Å². The van der Waals surface area contributed by atoms with Crippen LogP contribution in [0.3, 0.4) is 0 Å². The number of benzene rings is 2. The second-order valence-corrected chi connectivity index (χ2v) is 8.44. The van der Waals surface area contributed by atoms with E-state index in [1.807, 2.05) is 0 Å². The van der Waals surface area contributed by atoms with Crippen molar-refractivity contribution in [2.75, 3.05) is 7.11 Å². The molecule has 8 nitrogen and oxygen atoms in total. The lowest BCUT2D eigenvalue weighted by molar-refractivity contribution is -0.265. The molecule has 0 aliphatic carbocycles. The largest absolute Gasteiger partial charge is 0.435 e. The van der Waals surface area contributed by atoms with Crippen molar-refractivity contribution in [3.63, 3.8) is 0 Å². The summed E-state index contributed by atoms with van der Waals surface area (Å²) >= 11 is 0. The third-order valence-electron chi connectivity index (χ3n) is 6.13. The highest BCUT2D eigenvalue weighted by molar-refractivity contribution is 5.81. The predicted octanol–water partition coefficient (Wildman–Crippen LogP) is 5.52. The third kappa shape index (κ3) is 4.07. The number of alkyl halides is 6. The van der Waals surface area contributed by atoms with Gasteiger partial charge >= 0.3 is 12.4 Å². The molecule has 0 saturated heterocycles. The molecule has 0 aliphatic rings. The van der Waals surface area contributed by atoms with E-state index in [-0.39, 0.29) is 28.0 Å². The Bertz CT molecular complexity index is 1710. The van der Waals surface area contributed by atoms with Crippen LogP contribution in [-0.2, 0) is 16.5 Å². The Balaban J connectivity index is 1.74. The van der Waals surface area contributed by atoms with E-state index in [1.54, 1.807) is 6.07 Å². The monoisotopic (exact) mass is 549 g/mol. The molecule has 0 amide bonds. The predicted molar refractivity (Wildman–Crippen MR) is 125 cm³/mol. The minimum absolute atomic E-state index is 0.0387. The quantitative estimate of drug-likeness (QED) is 0.290. The number of nitrogens with one attached hydrogen (secondary N) is 1. The van der Waals surface area contributed by atoms with Gasteiger partial charge in [-0.1, -0.05) is 60.7 Å². The van der Waals surface area contributed by atoms with Gasteiger partial charge in [-0.05, 0) is 12.5 Å². The molecular weight excluding hydrogens is 532 g/mol. The first kappa shape index (κ1) is 26.2. The molecule has 1 unspecified atom stereocenters. The van der Waals surface area contributed by atoms with E-state index < -0.39 is 46.6 Å². The topological polar surface area (TPSA) is 98.3 Å². The third-order valence-corrected chi connectivity index (χ3v) is 6.13. The van der Waals surface area contributed by atoms with Crippen LogP contribution >= 0.6 is 0 Å². The van der Waals surface area contributed by atoms with Crippen molar-refractivity contribution in [1.82, 2.24) is 24.8 Å². The Labute approximate surface area is 214 Å². The van der Waals surface area contributed by atoms with Crippen LogP contribution in [-0.4, -0.2) is 38.1 Å². The zero-order chi connectivity index (χ0) is 28.2. The van der Waals surface area contributed by atoms with Gasteiger partial charge in [0, 0.05) is 18.4 Å². The normalized spacial score (nSPS) is 14.1. The molecule has 0 spiro atoms. The lowest BCUT2D eigenvalue weighted by atomic mass is 9.92. The van der Waals surface area contributed by atoms with E-state index in [4.69, 9.17) is 9.15 Å². The van der Waals surface area contributed by atoms with Crippen molar-refractivity contribution in [2.45, 2.75) is 24.9 Å². The molecule has 0 aliphatic heterocycles. The van der Waals surface area contributed by atoms with Crippen molar-refractivity contribution < 1.29 is 35.5 Å². The molecule has 5 rings (SSSR count). The zero-order valence-electron chi connectivity index (χ0n) is 20.1. The van der Waals surface area contributed by atoms with Gasteiger partial charge in [0.15, 0.2) is 5.69 Å². The van der Waals surface area contributed by atoms with E-state index in [1.165, 1.54) is 49.4 Å². The highest BCUT2D eigenvalue weighted by Gasteiger charge is 2.62. The smallest absolute Gasteiger partial charge is 0.416 e. The summed E-state index contributed by atoms with van der Waals surface area (Å²) in [5.41, 5.74) is -7.00. The maximum Gasteiger partial charge on any atom is 0.435 e. The average Bonchev–Trinajstić information content (AvgIpc) is 3.51. The minimum atomic E-state index is -5.08. The van der Waals surface area contributed by atoms with E-state index >= 15 is 0 Å². The van der Waals surface area contributed by atoms with Crippen molar-refractivity contribution in [1.29, 1.82) is 0 Å². The number of nitrogens with zero attached hydrogens (tertiary/aromatic N) is 4. The maximum absolute atomic E-state index is 14.4. The Kier molecular flexibility index (Phi) is 6.09. The van der Waals surface area contributed by atoms with Gasteiger partial charge in [-0.25, -0.2) is 0 Å². The Morgan fingerprint density at radius 1 is 0.897 bits per heavy atom. The number of aromatic nitrogens is 5. The number of ether oxygens (including phenoxy) is 1. The highest BCUT2D eigenvalue weighted by Crippen LogP contribution is 2.47. The van der Waals surface area contributed by atoms with E-state index in [9.17, 15) is 31.1 Å². The molecule has 1 N–H and O–H groups in total. The average molecular weight is 549 g/mol. The summed E-state index contributed by atoms with van der Waals surface area (Å²) in [4.78, 5) is 16.1. The number of aromatic amines is 1. The molecule has 2 aromatic carbocycles. The van der Waals surface area contributed by atoms with Crippen molar-refractivity contribution >= 4 is 5.65 Å². The van der Waals surface area contributed by atoms with Gasteiger partial charge in [0.1, 0.15) is 11.2 Å². The molecule has 0 saturated carbocycles. The van der Waals surface area contributed by atoms with Crippen molar-refractivity contribution in [3.05, 3.63) is 93.9 Å².